The van der Waals surface area contributed by atoms with E-state index < -0.39 is 12.3 Å². The fourth-order valence-corrected chi connectivity index (χ4v) is 1.34. The molecule has 0 saturated heterocycles. The smallest absolute Gasteiger partial charge is 0.315 e. The van der Waals surface area contributed by atoms with Crippen LogP contribution in [-0.2, 0) is 4.79 Å². The van der Waals surface area contributed by atoms with Gasteiger partial charge in [0.25, 0.3) is 5.91 Å². The van der Waals surface area contributed by atoms with Crippen molar-refractivity contribution >= 4 is 11.6 Å². The number of aromatic nitrogens is 2. The van der Waals surface area contributed by atoms with Crippen molar-refractivity contribution in [3.63, 3.8) is 0 Å². The van der Waals surface area contributed by atoms with Crippen LogP contribution in [0.2, 0.25) is 0 Å². The molecule has 1 amide bonds. The van der Waals surface area contributed by atoms with Crippen molar-refractivity contribution in [3.05, 3.63) is 42.7 Å². The third-order valence-electron chi connectivity index (χ3n) is 2.08. The van der Waals surface area contributed by atoms with Crippen molar-refractivity contribution in [2.75, 3.05) is 5.32 Å². The zero-order chi connectivity index (χ0) is 12.3. The minimum absolute atomic E-state index is 0.309. The Morgan fingerprint density at radius 1 is 1.35 bits per heavy atom. The van der Waals surface area contributed by atoms with Crippen molar-refractivity contribution in [2.45, 2.75) is 6.43 Å². The second-order valence-corrected chi connectivity index (χ2v) is 3.29. The largest absolute Gasteiger partial charge is 0.321 e. The summed E-state index contributed by atoms with van der Waals surface area (Å²) < 4.78 is 25.7. The third kappa shape index (κ3) is 2.66. The lowest BCUT2D eigenvalue weighted by atomic mass is 10.3. The Kier molecular flexibility index (Phi) is 3.13. The molecule has 0 aliphatic carbocycles. The minimum atomic E-state index is -3.02. The van der Waals surface area contributed by atoms with Gasteiger partial charge in [-0.25, -0.2) is 4.68 Å². The van der Waals surface area contributed by atoms with Crippen LogP contribution in [0.25, 0.3) is 5.69 Å². The number of carbonyl (C=O) groups is 1. The van der Waals surface area contributed by atoms with E-state index >= 15 is 0 Å². The molecular weight excluding hydrogens is 228 g/mol. The van der Waals surface area contributed by atoms with Crippen LogP contribution >= 0.6 is 0 Å². The molecule has 0 fully saturated rings. The van der Waals surface area contributed by atoms with Crippen molar-refractivity contribution in [3.8, 4) is 5.69 Å². The van der Waals surface area contributed by atoms with Crippen LogP contribution in [0, 0.1) is 0 Å². The molecule has 6 heteroatoms. The number of benzene rings is 1. The van der Waals surface area contributed by atoms with Crippen molar-refractivity contribution < 1.29 is 13.6 Å². The topological polar surface area (TPSA) is 46.9 Å². The van der Waals surface area contributed by atoms with Gasteiger partial charge in [0.05, 0.1) is 5.69 Å². The lowest BCUT2D eigenvalue weighted by Crippen LogP contribution is -2.20. The van der Waals surface area contributed by atoms with Gasteiger partial charge in [-0.15, -0.1) is 0 Å². The highest BCUT2D eigenvalue weighted by atomic mass is 19.3. The normalized spacial score (nSPS) is 10.5. The van der Waals surface area contributed by atoms with Crippen molar-refractivity contribution in [2.24, 2.45) is 0 Å². The molecule has 0 unspecified atom stereocenters. The maximum atomic E-state index is 12.1. The first kappa shape index (κ1) is 11.3. The van der Waals surface area contributed by atoms with E-state index in [0.29, 0.717) is 11.4 Å². The van der Waals surface area contributed by atoms with E-state index in [1.807, 2.05) is 0 Å². The van der Waals surface area contributed by atoms with E-state index in [9.17, 15) is 13.6 Å². The molecule has 0 spiro atoms. The molecule has 2 rings (SSSR count). The Hall–Kier alpha value is -2.24. The summed E-state index contributed by atoms with van der Waals surface area (Å²) in [4.78, 5) is 10.8. The Balaban J connectivity index is 2.20. The number of carbonyl (C=O) groups excluding carboxylic acids is 1. The van der Waals surface area contributed by atoms with Gasteiger partial charge in [-0.1, -0.05) is 6.07 Å². The first-order valence-corrected chi connectivity index (χ1v) is 4.86. The molecule has 0 atom stereocenters. The Labute approximate surface area is 95.9 Å². The van der Waals surface area contributed by atoms with Gasteiger partial charge in [-0.3, -0.25) is 4.79 Å². The first-order chi connectivity index (χ1) is 8.16. The molecule has 17 heavy (non-hydrogen) atoms. The quantitative estimate of drug-likeness (QED) is 0.888. The number of alkyl halides is 2. The van der Waals surface area contributed by atoms with E-state index in [1.165, 1.54) is 6.07 Å². The number of amides is 1. The minimum Gasteiger partial charge on any atom is -0.321 e. The summed E-state index contributed by atoms with van der Waals surface area (Å²) in [6, 6.07) is 8.24. The summed E-state index contributed by atoms with van der Waals surface area (Å²) >= 11 is 0. The Morgan fingerprint density at radius 3 is 2.82 bits per heavy atom. The fraction of sp³-hybridized carbons (Fsp3) is 0.0909. The van der Waals surface area contributed by atoms with Crippen LogP contribution < -0.4 is 5.32 Å². The van der Waals surface area contributed by atoms with Crippen LogP contribution in [0.5, 0.6) is 0 Å². The second-order valence-electron chi connectivity index (χ2n) is 3.29. The molecule has 0 bridgehead atoms. The van der Waals surface area contributed by atoms with E-state index in [1.54, 1.807) is 41.3 Å². The SMILES string of the molecule is O=C(Nc1cccc(-n2cccn2)c1)C(F)F. The van der Waals surface area contributed by atoms with Gasteiger partial charge in [0.15, 0.2) is 0 Å². The highest BCUT2D eigenvalue weighted by molar-refractivity contribution is 5.93. The lowest BCUT2D eigenvalue weighted by molar-refractivity contribution is -0.126. The number of anilines is 1. The van der Waals surface area contributed by atoms with Crippen LogP contribution in [0.3, 0.4) is 0 Å². The van der Waals surface area contributed by atoms with Gasteiger partial charge in [-0.05, 0) is 24.3 Å². The molecule has 1 heterocycles. The number of rotatable bonds is 3. The molecule has 1 aromatic heterocycles. The predicted molar refractivity (Wildman–Crippen MR) is 58.2 cm³/mol. The molecule has 0 radical (unpaired) electrons. The maximum absolute atomic E-state index is 12.1. The molecule has 0 aliphatic heterocycles. The van der Waals surface area contributed by atoms with E-state index in [0.717, 1.165) is 0 Å². The molecule has 4 nitrogen and oxygen atoms in total. The van der Waals surface area contributed by atoms with E-state index in [2.05, 4.69) is 10.4 Å². The van der Waals surface area contributed by atoms with Crippen molar-refractivity contribution in [1.82, 2.24) is 9.78 Å². The predicted octanol–water partition coefficient (Wildman–Crippen LogP) is 2.08. The van der Waals surface area contributed by atoms with Crippen LogP contribution in [0.15, 0.2) is 42.7 Å². The summed E-state index contributed by atoms with van der Waals surface area (Å²) in [7, 11) is 0. The zero-order valence-electron chi connectivity index (χ0n) is 8.68. The van der Waals surface area contributed by atoms with Gasteiger partial charge < -0.3 is 5.32 Å². The van der Waals surface area contributed by atoms with Crippen LogP contribution in [-0.4, -0.2) is 22.1 Å². The Morgan fingerprint density at radius 2 is 2.18 bits per heavy atom. The highest BCUT2D eigenvalue weighted by Gasteiger charge is 2.14. The monoisotopic (exact) mass is 237 g/mol. The van der Waals surface area contributed by atoms with Crippen molar-refractivity contribution in [1.29, 1.82) is 0 Å². The average molecular weight is 237 g/mol. The fourth-order valence-electron chi connectivity index (χ4n) is 1.34. The van der Waals surface area contributed by atoms with Gasteiger partial charge in [0.1, 0.15) is 0 Å². The summed E-state index contributed by atoms with van der Waals surface area (Å²) in [5.74, 6) is -1.32. The van der Waals surface area contributed by atoms with Gasteiger partial charge >= 0.3 is 6.43 Å². The third-order valence-corrected chi connectivity index (χ3v) is 2.08. The summed E-state index contributed by atoms with van der Waals surface area (Å²) in [5.41, 5.74) is 0.991. The molecular formula is C11H9F2N3O. The average Bonchev–Trinajstić information content (AvgIpc) is 2.82. The standard InChI is InChI=1S/C11H9F2N3O/c12-10(13)11(17)15-8-3-1-4-9(7-8)16-6-2-5-14-16/h1-7,10H,(H,15,17). The van der Waals surface area contributed by atoms with Gasteiger partial charge in [0, 0.05) is 18.1 Å². The van der Waals surface area contributed by atoms with Crippen LogP contribution in [0.4, 0.5) is 14.5 Å². The number of nitrogens with zero attached hydrogens (tertiary/aromatic N) is 2. The van der Waals surface area contributed by atoms with Crippen LogP contribution in [0.1, 0.15) is 0 Å². The first-order valence-electron chi connectivity index (χ1n) is 4.86. The second kappa shape index (κ2) is 4.73. The molecule has 1 N–H and O–H groups in total. The van der Waals surface area contributed by atoms with Gasteiger partial charge in [-0.2, -0.15) is 13.9 Å². The van der Waals surface area contributed by atoms with E-state index in [4.69, 9.17) is 0 Å². The zero-order valence-corrected chi connectivity index (χ0v) is 8.68. The molecule has 0 aliphatic rings. The number of hydrogen-bond acceptors (Lipinski definition) is 2. The highest BCUT2D eigenvalue weighted by Crippen LogP contribution is 2.14. The summed E-state index contributed by atoms with van der Waals surface area (Å²) in [6.45, 7) is 0. The molecule has 1 aromatic carbocycles. The molecule has 0 saturated carbocycles. The Bertz CT molecular complexity index is 511. The molecule has 2 aromatic rings. The number of halogens is 2. The lowest BCUT2D eigenvalue weighted by Gasteiger charge is -2.06. The molecule has 88 valence electrons. The summed E-state index contributed by atoms with van der Waals surface area (Å²) in [6.07, 6.45) is 0.293. The van der Waals surface area contributed by atoms with Gasteiger partial charge in [0.2, 0.25) is 0 Å². The summed E-state index contributed by atoms with van der Waals surface area (Å²) in [5, 5.41) is 6.11. The number of hydrogen-bond donors (Lipinski definition) is 1. The number of nitrogens with one attached hydrogen (secondary N) is 1. The maximum Gasteiger partial charge on any atom is 0.315 e. The van der Waals surface area contributed by atoms with E-state index in [-0.39, 0.29) is 0 Å².